The standard InChI is InChI=1S/C27H34FN5O3/c1-3-31(4-2)26(35)21-18-20(29-25(34)19-10-11-19)12-13-24(21)32-14-7-15-33(17-16-32)27(36)30-23-9-6-5-8-22(23)28/h5-6,8-9,12-13,18-19H,3-4,7,10-11,14-17H2,1-2H3,(H,29,34)(H,30,36). The maximum atomic E-state index is 14.0. The smallest absolute Gasteiger partial charge is 0.321 e. The number of nitrogens with zero attached hydrogens (tertiary/aromatic N) is 3. The van der Waals surface area contributed by atoms with Gasteiger partial charge >= 0.3 is 6.03 Å². The lowest BCUT2D eigenvalue weighted by Crippen LogP contribution is -2.38. The van der Waals surface area contributed by atoms with Crippen LogP contribution in [-0.2, 0) is 4.79 Å². The molecule has 0 atom stereocenters. The molecule has 0 aromatic heterocycles. The lowest BCUT2D eigenvalue weighted by Gasteiger charge is -2.28. The van der Waals surface area contributed by atoms with Crippen LogP contribution in [0, 0.1) is 11.7 Å². The monoisotopic (exact) mass is 495 g/mol. The van der Waals surface area contributed by atoms with Gasteiger partial charge < -0.3 is 25.3 Å². The molecule has 0 unspecified atom stereocenters. The molecule has 1 saturated carbocycles. The fourth-order valence-corrected chi connectivity index (χ4v) is 4.45. The molecule has 1 saturated heterocycles. The molecule has 1 aliphatic carbocycles. The first-order chi connectivity index (χ1) is 17.4. The second kappa shape index (κ2) is 11.4. The summed E-state index contributed by atoms with van der Waals surface area (Å²) in [4.78, 5) is 44.1. The number of para-hydroxylation sites is 1. The molecular formula is C27H34FN5O3. The highest BCUT2D eigenvalue weighted by molar-refractivity contribution is 6.02. The molecule has 4 amide bonds. The molecule has 0 spiro atoms. The molecule has 9 heteroatoms. The summed E-state index contributed by atoms with van der Waals surface area (Å²) in [7, 11) is 0. The predicted molar refractivity (Wildman–Crippen MR) is 139 cm³/mol. The van der Waals surface area contributed by atoms with Crippen molar-refractivity contribution >= 4 is 34.9 Å². The van der Waals surface area contributed by atoms with Crippen molar-refractivity contribution in [3.05, 3.63) is 53.8 Å². The molecule has 2 N–H and O–H groups in total. The van der Waals surface area contributed by atoms with Gasteiger partial charge in [0.1, 0.15) is 5.82 Å². The Hall–Kier alpha value is -3.62. The molecule has 2 aromatic carbocycles. The van der Waals surface area contributed by atoms with E-state index >= 15 is 0 Å². The number of carbonyl (C=O) groups excluding carboxylic acids is 3. The van der Waals surface area contributed by atoms with Crippen LogP contribution in [0.1, 0.15) is 43.5 Å². The van der Waals surface area contributed by atoms with E-state index in [9.17, 15) is 18.8 Å². The fourth-order valence-electron chi connectivity index (χ4n) is 4.45. The molecule has 192 valence electrons. The quantitative estimate of drug-likeness (QED) is 0.596. The Kier molecular flexibility index (Phi) is 8.07. The third-order valence-electron chi connectivity index (χ3n) is 6.73. The first-order valence-electron chi connectivity index (χ1n) is 12.7. The van der Waals surface area contributed by atoms with E-state index < -0.39 is 5.82 Å². The van der Waals surface area contributed by atoms with Gasteiger partial charge in [-0.3, -0.25) is 9.59 Å². The topological polar surface area (TPSA) is 85.0 Å². The first-order valence-corrected chi connectivity index (χ1v) is 12.7. The van der Waals surface area contributed by atoms with Gasteiger partial charge in [0, 0.05) is 56.6 Å². The van der Waals surface area contributed by atoms with Crippen LogP contribution in [0.4, 0.5) is 26.2 Å². The van der Waals surface area contributed by atoms with E-state index in [4.69, 9.17) is 0 Å². The SMILES string of the molecule is CCN(CC)C(=O)c1cc(NC(=O)C2CC2)ccc1N1CCCN(C(=O)Nc2ccccc2F)CC1. The highest BCUT2D eigenvalue weighted by Crippen LogP contribution is 2.32. The highest BCUT2D eigenvalue weighted by Gasteiger charge is 2.30. The minimum atomic E-state index is -0.476. The van der Waals surface area contributed by atoms with Gasteiger partial charge in [0.15, 0.2) is 0 Å². The fraction of sp³-hybridized carbons (Fsp3) is 0.444. The summed E-state index contributed by atoms with van der Waals surface area (Å²) in [6, 6.07) is 11.2. The maximum Gasteiger partial charge on any atom is 0.321 e. The zero-order chi connectivity index (χ0) is 25.7. The number of nitrogens with one attached hydrogen (secondary N) is 2. The van der Waals surface area contributed by atoms with E-state index in [2.05, 4.69) is 15.5 Å². The van der Waals surface area contributed by atoms with Crippen LogP contribution < -0.4 is 15.5 Å². The van der Waals surface area contributed by atoms with E-state index in [1.807, 2.05) is 26.0 Å². The summed E-state index contributed by atoms with van der Waals surface area (Å²) in [5.74, 6) is -0.499. The lowest BCUT2D eigenvalue weighted by atomic mass is 10.1. The summed E-state index contributed by atoms with van der Waals surface area (Å²) in [6.45, 7) is 7.18. The van der Waals surface area contributed by atoms with Crippen LogP contribution in [0.15, 0.2) is 42.5 Å². The Morgan fingerprint density at radius 3 is 2.42 bits per heavy atom. The van der Waals surface area contributed by atoms with E-state index in [1.165, 1.54) is 12.1 Å². The largest absolute Gasteiger partial charge is 0.369 e. The van der Waals surface area contributed by atoms with E-state index in [0.29, 0.717) is 56.9 Å². The Labute approximate surface area is 211 Å². The number of hydrogen-bond donors (Lipinski definition) is 2. The Morgan fingerprint density at radius 2 is 1.72 bits per heavy atom. The molecule has 1 aliphatic heterocycles. The van der Waals surface area contributed by atoms with Crippen molar-refractivity contribution < 1.29 is 18.8 Å². The van der Waals surface area contributed by atoms with Crippen LogP contribution in [0.25, 0.3) is 0 Å². The zero-order valence-corrected chi connectivity index (χ0v) is 20.9. The van der Waals surface area contributed by atoms with Gasteiger partial charge in [0.25, 0.3) is 5.91 Å². The number of rotatable bonds is 7. The van der Waals surface area contributed by atoms with E-state index in [-0.39, 0.29) is 29.5 Å². The summed E-state index contributed by atoms with van der Waals surface area (Å²) in [5.41, 5.74) is 2.09. The maximum absolute atomic E-state index is 14.0. The Morgan fingerprint density at radius 1 is 0.972 bits per heavy atom. The third-order valence-corrected chi connectivity index (χ3v) is 6.73. The van der Waals surface area contributed by atoms with Crippen LogP contribution in [-0.4, -0.2) is 66.9 Å². The molecule has 2 aliphatic rings. The minimum Gasteiger partial charge on any atom is -0.369 e. The Bertz CT molecular complexity index is 1120. The van der Waals surface area contributed by atoms with Crippen molar-refractivity contribution in [2.24, 2.45) is 5.92 Å². The number of carbonyl (C=O) groups is 3. The molecule has 2 aromatic rings. The number of amides is 4. The molecule has 0 bridgehead atoms. The van der Waals surface area contributed by atoms with Crippen LogP contribution in [0.5, 0.6) is 0 Å². The number of hydrogen-bond acceptors (Lipinski definition) is 4. The normalized spacial score (nSPS) is 15.8. The second-order valence-corrected chi connectivity index (χ2v) is 9.21. The van der Waals surface area contributed by atoms with Crippen molar-refractivity contribution in [3.63, 3.8) is 0 Å². The van der Waals surface area contributed by atoms with Gasteiger partial charge in [-0.05, 0) is 63.4 Å². The molecule has 36 heavy (non-hydrogen) atoms. The number of benzene rings is 2. The molecular weight excluding hydrogens is 461 g/mol. The van der Waals surface area contributed by atoms with Crippen LogP contribution >= 0.6 is 0 Å². The summed E-state index contributed by atoms with van der Waals surface area (Å²) in [6.07, 6.45) is 2.51. The summed E-state index contributed by atoms with van der Waals surface area (Å²) >= 11 is 0. The van der Waals surface area contributed by atoms with Gasteiger partial charge in [-0.1, -0.05) is 12.1 Å². The predicted octanol–water partition coefficient (Wildman–Crippen LogP) is 4.40. The minimum absolute atomic E-state index is 0.00438. The van der Waals surface area contributed by atoms with E-state index in [1.54, 1.807) is 28.0 Å². The van der Waals surface area contributed by atoms with Crippen molar-refractivity contribution in [1.82, 2.24) is 9.80 Å². The first kappa shape index (κ1) is 25.5. The van der Waals surface area contributed by atoms with Gasteiger partial charge in [0.2, 0.25) is 5.91 Å². The van der Waals surface area contributed by atoms with Crippen LogP contribution in [0.2, 0.25) is 0 Å². The highest BCUT2D eigenvalue weighted by atomic mass is 19.1. The zero-order valence-electron chi connectivity index (χ0n) is 20.9. The molecule has 2 fully saturated rings. The van der Waals surface area contributed by atoms with Crippen LogP contribution in [0.3, 0.4) is 0 Å². The molecule has 4 rings (SSSR count). The van der Waals surface area contributed by atoms with E-state index in [0.717, 1.165) is 18.5 Å². The Balaban J connectivity index is 1.51. The van der Waals surface area contributed by atoms with Crippen molar-refractivity contribution in [1.29, 1.82) is 0 Å². The number of anilines is 3. The summed E-state index contributed by atoms with van der Waals surface area (Å²) in [5, 5.41) is 5.60. The average Bonchev–Trinajstić information content (AvgIpc) is 3.73. The molecule has 8 nitrogen and oxygen atoms in total. The van der Waals surface area contributed by atoms with Crippen molar-refractivity contribution in [2.75, 3.05) is 54.8 Å². The second-order valence-electron chi connectivity index (χ2n) is 9.21. The van der Waals surface area contributed by atoms with Gasteiger partial charge in [0.05, 0.1) is 11.3 Å². The van der Waals surface area contributed by atoms with Gasteiger partial charge in [-0.25, -0.2) is 9.18 Å². The molecule has 1 heterocycles. The number of halogens is 1. The van der Waals surface area contributed by atoms with Crippen molar-refractivity contribution in [3.8, 4) is 0 Å². The summed E-state index contributed by atoms with van der Waals surface area (Å²) < 4.78 is 14.0. The lowest BCUT2D eigenvalue weighted by molar-refractivity contribution is -0.117. The molecule has 0 radical (unpaired) electrons. The number of urea groups is 1. The average molecular weight is 496 g/mol. The van der Waals surface area contributed by atoms with Gasteiger partial charge in [-0.15, -0.1) is 0 Å². The van der Waals surface area contributed by atoms with Crippen molar-refractivity contribution in [2.45, 2.75) is 33.1 Å². The van der Waals surface area contributed by atoms with Gasteiger partial charge in [-0.2, -0.15) is 0 Å². The third kappa shape index (κ3) is 5.95.